The number of fused-ring (bicyclic) bond motifs is 3. The SMILES string of the molecule is O=C1CC2c3ccccc3OCCN12. The van der Waals surface area contributed by atoms with Gasteiger partial charge in [-0.3, -0.25) is 4.79 Å². The van der Waals surface area contributed by atoms with Gasteiger partial charge in [0.25, 0.3) is 0 Å². The van der Waals surface area contributed by atoms with Crippen molar-refractivity contribution < 1.29 is 9.53 Å². The Balaban J connectivity index is 2.04. The molecule has 1 unspecified atom stereocenters. The standard InChI is InChI=1S/C11H11NO2/c13-11-7-9-8-3-1-2-4-10(8)14-6-5-12(9)11/h1-4,9H,5-7H2. The summed E-state index contributed by atoms with van der Waals surface area (Å²) in [7, 11) is 0. The van der Waals surface area contributed by atoms with E-state index < -0.39 is 0 Å². The highest BCUT2D eigenvalue weighted by Crippen LogP contribution is 2.40. The normalized spacial score (nSPS) is 24.1. The molecule has 0 aromatic heterocycles. The van der Waals surface area contributed by atoms with E-state index in [2.05, 4.69) is 0 Å². The van der Waals surface area contributed by atoms with E-state index in [0.717, 1.165) is 17.9 Å². The lowest BCUT2D eigenvalue weighted by atomic mass is 9.94. The molecule has 0 radical (unpaired) electrons. The van der Waals surface area contributed by atoms with Crippen LogP contribution in [0.3, 0.4) is 0 Å². The largest absolute Gasteiger partial charge is 0.491 e. The van der Waals surface area contributed by atoms with Crippen molar-refractivity contribution in [1.82, 2.24) is 4.90 Å². The summed E-state index contributed by atoms with van der Waals surface area (Å²) in [6.07, 6.45) is 0.639. The zero-order valence-electron chi connectivity index (χ0n) is 7.77. The Morgan fingerprint density at radius 2 is 2.21 bits per heavy atom. The summed E-state index contributed by atoms with van der Waals surface area (Å²) in [4.78, 5) is 13.2. The molecule has 3 rings (SSSR count). The Labute approximate surface area is 82.3 Å². The number of nitrogens with zero attached hydrogens (tertiary/aromatic N) is 1. The number of β-lactam (4-membered cyclic amide) rings is 1. The molecule has 3 nitrogen and oxygen atoms in total. The highest BCUT2D eigenvalue weighted by Gasteiger charge is 2.39. The first-order valence-corrected chi connectivity index (χ1v) is 4.87. The van der Waals surface area contributed by atoms with Crippen molar-refractivity contribution in [2.75, 3.05) is 13.2 Å². The average Bonchev–Trinajstić information content (AvgIpc) is 2.35. The van der Waals surface area contributed by atoms with E-state index in [1.54, 1.807) is 0 Å². The number of rotatable bonds is 0. The molecule has 1 atom stereocenters. The van der Waals surface area contributed by atoms with Gasteiger partial charge in [-0.15, -0.1) is 0 Å². The summed E-state index contributed by atoms with van der Waals surface area (Å²) in [6, 6.07) is 8.25. The molecule has 0 aliphatic carbocycles. The van der Waals surface area contributed by atoms with Crippen LogP contribution in [-0.4, -0.2) is 24.0 Å². The lowest BCUT2D eigenvalue weighted by Crippen LogP contribution is -2.46. The Hall–Kier alpha value is -1.51. The summed E-state index contributed by atoms with van der Waals surface area (Å²) in [5, 5.41) is 0. The monoisotopic (exact) mass is 189 g/mol. The summed E-state index contributed by atoms with van der Waals surface area (Å²) in [5.74, 6) is 1.18. The number of carbonyl (C=O) groups excluding carboxylic acids is 1. The van der Waals surface area contributed by atoms with Crippen molar-refractivity contribution in [2.24, 2.45) is 0 Å². The molecule has 1 aromatic rings. The highest BCUT2D eigenvalue weighted by molar-refractivity contribution is 5.84. The fourth-order valence-corrected chi connectivity index (χ4v) is 2.15. The van der Waals surface area contributed by atoms with Gasteiger partial charge in [-0.25, -0.2) is 0 Å². The molecular weight excluding hydrogens is 178 g/mol. The van der Waals surface area contributed by atoms with Crippen molar-refractivity contribution in [3.8, 4) is 5.75 Å². The number of para-hydroxylation sites is 1. The van der Waals surface area contributed by atoms with E-state index in [9.17, 15) is 4.79 Å². The van der Waals surface area contributed by atoms with Gasteiger partial charge >= 0.3 is 0 Å². The molecular formula is C11H11NO2. The van der Waals surface area contributed by atoms with Crippen molar-refractivity contribution in [3.05, 3.63) is 29.8 Å². The number of ether oxygens (including phenoxy) is 1. The van der Waals surface area contributed by atoms with E-state index in [4.69, 9.17) is 4.74 Å². The van der Waals surface area contributed by atoms with Gasteiger partial charge in [-0.1, -0.05) is 18.2 Å². The van der Waals surface area contributed by atoms with Crippen LogP contribution in [-0.2, 0) is 4.79 Å². The molecule has 2 aliphatic heterocycles. The summed E-state index contributed by atoms with van der Waals surface area (Å²) >= 11 is 0. The zero-order valence-corrected chi connectivity index (χ0v) is 7.77. The topological polar surface area (TPSA) is 29.5 Å². The second-order valence-electron chi connectivity index (χ2n) is 3.69. The van der Waals surface area contributed by atoms with Gasteiger partial charge in [0.2, 0.25) is 5.91 Å². The first-order chi connectivity index (χ1) is 6.86. The van der Waals surface area contributed by atoms with Gasteiger partial charge in [0.1, 0.15) is 12.4 Å². The molecule has 3 heteroatoms. The van der Waals surface area contributed by atoms with E-state index >= 15 is 0 Å². The predicted octanol–water partition coefficient (Wildman–Crippen LogP) is 1.35. The van der Waals surface area contributed by atoms with Crippen molar-refractivity contribution >= 4 is 5.91 Å². The van der Waals surface area contributed by atoms with Crippen LogP contribution in [0.1, 0.15) is 18.0 Å². The molecule has 1 amide bonds. The molecule has 72 valence electrons. The number of hydrogen-bond donors (Lipinski definition) is 0. The van der Waals surface area contributed by atoms with Crippen molar-refractivity contribution in [3.63, 3.8) is 0 Å². The zero-order chi connectivity index (χ0) is 9.54. The minimum Gasteiger partial charge on any atom is -0.491 e. The van der Waals surface area contributed by atoms with Crippen LogP contribution in [0.15, 0.2) is 24.3 Å². The van der Waals surface area contributed by atoms with E-state index in [1.165, 1.54) is 0 Å². The van der Waals surface area contributed by atoms with E-state index in [1.807, 2.05) is 29.2 Å². The van der Waals surface area contributed by atoms with Crippen LogP contribution < -0.4 is 4.74 Å². The summed E-state index contributed by atoms with van der Waals surface area (Å²) < 4.78 is 5.58. The number of benzene rings is 1. The van der Waals surface area contributed by atoms with Crippen LogP contribution >= 0.6 is 0 Å². The molecule has 1 saturated heterocycles. The molecule has 0 bridgehead atoms. The minimum absolute atomic E-state index is 0.246. The van der Waals surface area contributed by atoms with Crippen LogP contribution in [0.2, 0.25) is 0 Å². The first-order valence-electron chi connectivity index (χ1n) is 4.87. The number of carbonyl (C=O) groups is 1. The smallest absolute Gasteiger partial charge is 0.225 e. The fraction of sp³-hybridized carbons (Fsp3) is 0.364. The quantitative estimate of drug-likeness (QED) is 0.576. The minimum atomic E-state index is 0.246. The Morgan fingerprint density at radius 3 is 3.07 bits per heavy atom. The summed E-state index contributed by atoms with van der Waals surface area (Å²) in [5.41, 5.74) is 1.16. The molecule has 0 spiro atoms. The molecule has 2 aliphatic rings. The Morgan fingerprint density at radius 1 is 1.36 bits per heavy atom. The maximum Gasteiger partial charge on any atom is 0.225 e. The highest BCUT2D eigenvalue weighted by atomic mass is 16.5. The van der Waals surface area contributed by atoms with Gasteiger partial charge in [0, 0.05) is 5.56 Å². The lowest BCUT2D eigenvalue weighted by Gasteiger charge is -2.38. The van der Waals surface area contributed by atoms with E-state index in [0.29, 0.717) is 13.0 Å². The number of amides is 1. The molecule has 14 heavy (non-hydrogen) atoms. The maximum absolute atomic E-state index is 11.3. The molecule has 1 aromatic carbocycles. The molecule has 0 saturated carbocycles. The third-order valence-corrected chi connectivity index (χ3v) is 2.93. The van der Waals surface area contributed by atoms with Crippen molar-refractivity contribution in [2.45, 2.75) is 12.5 Å². The fourth-order valence-electron chi connectivity index (χ4n) is 2.15. The second-order valence-corrected chi connectivity index (χ2v) is 3.69. The van der Waals surface area contributed by atoms with Crippen LogP contribution in [0, 0.1) is 0 Å². The average molecular weight is 189 g/mol. The Kier molecular flexibility index (Phi) is 1.54. The maximum atomic E-state index is 11.3. The van der Waals surface area contributed by atoms with Gasteiger partial charge in [0.05, 0.1) is 19.0 Å². The van der Waals surface area contributed by atoms with Gasteiger partial charge in [-0.2, -0.15) is 0 Å². The van der Waals surface area contributed by atoms with Gasteiger partial charge in [-0.05, 0) is 6.07 Å². The van der Waals surface area contributed by atoms with E-state index in [-0.39, 0.29) is 11.9 Å². The Bertz CT molecular complexity index is 389. The van der Waals surface area contributed by atoms with Gasteiger partial charge < -0.3 is 9.64 Å². The second kappa shape index (κ2) is 2.74. The third-order valence-electron chi connectivity index (χ3n) is 2.93. The molecule has 0 N–H and O–H groups in total. The molecule has 2 heterocycles. The van der Waals surface area contributed by atoms with Crippen LogP contribution in [0.4, 0.5) is 0 Å². The third kappa shape index (κ3) is 0.953. The lowest BCUT2D eigenvalue weighted by molar-refractivity contribution is -0.146. The van der Waals surface area contributed by atoms with Crippen LogP contribution in [0.25, 0.3) is 0 Å². The predicted molar refractivity (Wildman–Crippen MR) is 51.0 cm³/mol. The first kappa shape index (κ1) is 7.85. The van der Waals surface area contributed by atoms with Crippen molar-refractivity contribution in [1.29, 1.82) is 0 Å². The number of hydrogen-bond acceptors (Lipinski definition) is 2. The van der Waals surface area contributed by atoms with Crippen LogP contribution in [0.5, 0.6) is 5.75 Å². The van der Waals surface area contributed by atoms with Gasteiger partial charge in [0.15, 0.2) is 0 Å². The summed E-state index contributed by atoms with van der Waals surface area (Å²) in [6.45, 7) is 1.33. The molecule has 1 fully saturated rings.